The molecule has 0 aromatic heterocycles. The Morgan fingerprint density at radius 2 is 2.28 bits per heavy atom. The molecule has 9 heteroatoms. The van der Waals surface area contributed by atoms with Gasteiger partial charge in [-0.05, 0) is 13.2 Å². The number of carbonyl (C=O) groups is 2. The van der Waals surface area contributed by atoms with E-state index in [9.17, 15) is 9.59 Å². The molecule has 1 aliphatic heterocycles. The van der Waals surface area contributed by atoms with Crippen LogP contribution in [0.5, 0.6) is 0 Å². The van der Waals surface area contributed by atoms with Gasteiger partial charge in [-0.1, -0.05) is 11.8 Å². The molecule has 0 saturated carbocycles. The van der Waals surface area contributed by atoms with E-state index in [1.54, 1.807) is 21.0 Å². The van der Waals surface area contributed by atoms with Gasteiger partial charge in [-0.3, -0.25) is 0 Å². The van der Waals surface area contributed by atoms with Crippen LogP contribution in [0.15, 0.2) is 4.99 Å². The second-order valence-electron chi connectivity index (χ2n) is 3.42. The highest BCUT2D eigenvalue weighted by Crippen LogP contribution is 2.28. The van der Waals surface area contributed by atoms with Crippen LogP contribution < -0.4 is 5.43 Å². The molecule has 1 rings (SSSR count). The molecule has 0 spiro atoms. The fraction of sp³-hybridized carbons (Fsp3) is 0.667. The maximum atomic E-state index is 11.7. The highest BCUT2D eigenvalue weighted by molar-refractivity contribution is 8.25. The molecule has 7 nitrogen and oxygen atoms in total. The van der Waals surface area contributed by atoms with E-state index in [0.717, 1.165) is 5.01 Å². The standard InChI is InChI=1S/C9H16N4O3S2/c1-5-16-9(15)13-7(10-6(14)12(2)3)18-8(11-13)17-4/h8,11H,5H2,1-4H3. The van der Waals surface area contributed by atoms with E-state index in [-0.39, 0.29) is 11.3 Å². The predicted molar refractivity (Wildman–Crippen MR) is 73.4 cm³/mol. The molecule has 0 aromatic rings. The normalized spacial score (nSPS) is 21.2. The Bertz CT molecular complexity index is 362. The Morgan fingerprint density at radius 1 is 1.61 bits per heavy atom. The lowest BCUT2D eigenvalue weighted by Crippen LogP contribution is -2.42. The Morgan fingerprint density at radius 3 is 2.78 bits per heavy atom. The van der Waals surface area contributed by atoms with Crippen molar-refractivity contribution in [2.24, 2.45) is 4.99 Å². The van der Waals surface area contributed by atoms with Gasteiger partial charge in [0.15, 0.2) is 5.17 Å². The number of amides is 3. The van der Waals surface area contributed by atoms with E-state index in [0.29, 0.717) is 5.17 Å². The first-order chi connectivity index (χ1) is 8.49. The fourth-order valence-electron chi connectivity index (χ4n) is 1.01. The quantitative estimate of drug-likeness (QED) is 0.829. The van der Waals surface area contributed by atoms with E-state index in [4.69, 9.17) is 4.74 Å². The van der Waals surface area contributed by atoms with Crippen molar-refractivity contribution in [1.29, 1.82) is 0 Å². The van der Waals surface area contributed by atoms with Crippen molar-refractivity contribution < 1.29 is 14.3 Å². The molecule has 1 heterocycles. The van der Waals surface area contributed by atoms with Crippen LogP contribution in [0, 0.1) is 0 Å². The summed E-state index contributed by atoms with van der Waals surface area (Å²) in [6.07, 6.45) is 1.33. The number of rotatable bonds is 2. The first-order valence-corrected chi connectivity index (χ1v) is 7.38. The topological polar surface area (TPSA) is 74.2 Å². The molecule has 0 radical (unpaired) electrons. The predicted octanol–water partition coefficient (Wildman–Crippen LogP) is 1.38. The Balaban J connectivity index is 2.85. The lowest BCUT2D eigenvalue weighted by atomic mass is 10.8. The molecule has 3 amide bonds. The van der Waals surface area contributed by atoms with E-state index in [2.05, 4.69) is 10.4 Å². The van der Waals surface area contributed by atoms with E-state index in [1.807, 2.05) is 6.26 Å². The van der Waals surface area contributed by atoms with Crippen molar-refractivity contribution in [3.05, 3.63) is 0 Å². The van der Waals surface area contributed by atoms with E-state index >= 15 is 0 Å². The van der Waals surface area contributed by atoms with Crippen molar-refractivity contribution >= 4 is 40.8 Å². The van der Waals surface area contributed by atoms with Crippen molar-refractivity contribution in [3.8, 4) is 0 Å². The summed E-state index contributed by atoms with van der Waals surface area (Å²) < 4.78 is 4.82. The number of thioether (sulfide) groups is 2. The first-order valence-electron chi connectivity index (χ1n) is 5.22. The summed E-state index contributed by atoms with van der Waals surface area (Å²) in [7, 11) is 3.19. The SMILES string of the molecule is CCOC(=O)N1NC(SC)SC1=NC(=O)N(C)C. The molecule has 1 N–H and O–H groups in total. The van der Waals surface area contributed by atoms with Crippen LogP contribution in [0.1, 0.15) is 6.92 Å². The van der Waals surface area contributed by atoms with Gasteiger partial charge < -0.3 is 9.64 Å². The molecule has 102 valence electrons. The largest absolute Gasteiger partial charge is 0.448 e. The molecule has 0 aliphatic carbocycles. The van der Waals surface area contributed by atoms with Crippen LogP contribution >= 0.6 is 23.5 Å². The van der Waals surface area contributed by atoms with Gasteiger partial charge in [-0.2, -0.15) is 15.4 Å². The summed E-state index contributed by atoms with van der Waals surface area (Å²) in [6, 6.07) is -0.421. The smallest absolute Gasteiger partial charge is 0.430 e. The summed E-state index contributed by atoms with van der Waals surface area (Å²) >= 11 is 2.81. The zero-order valence-electron chi connectivity index (χ0n) is 10.7. The van der Waals surface area contributed by atoms with Crippen LogP contribution in [0.3, 0.4) is 0 Å². The number of amidine groups is 1. The zero-order valence-corrected chi connectivity index (χ0v) is 12.3. The molecule has 1 fully saturated rings. The van der Waals surface area contributed by atoms with E-state index < -0.39 is 12.1 Å². The Hall–Kier alpha value is -0.930. The van der Waals surface area contributed by atoms with Crippen molar-refractivity contribution in [2.75, 3.05) is 27.0 Å². The number of aliphatic imine (C=N–C) groups is 1. The van der Waals surface area contributed by atoms with Gasteiger partial charge in [0.25, 0.3) is 0 Å². The molecule has 0 aromatic carbocycles. The summed E-state index contributed by atoms with van der Waals surface area (Å²) in [4.78, 5) is 28.4. The third-order valence-corrected chi connectivity index (χ3v) is 4.08. The number of hydrogen-bond donors (Lipinski definition) is 1. The highest BCUT2D eigenvalue weighted by Gasteiger charge is 2.34. The molecular formula is C9H16N4O3S2. The first kappa shape index (κ1) is 15.1. The minimum Gasteiger partial charge on any atom is -0.448 e. The van der Waals surface area contributed by atoms with E-state index in [1.165, 1.54) is 28.4 Å². The Labute approximate surface area is 114 Å². The van der Waals surface area contributed by atoms with Crippen molar-refractivity contribution in [1.82, 2.24) is 15.3 Å². The summed E-state index contributed by atoms with van der Waals surface area (Å²) in [6.45, 7) is 1.98. The van der Waals surface area contributed by atoms with Crippen molar-refractivity contribution in [3.63, 3.8) is 0 Å². The number of carbonyl (C=O) groups excluding carboxylic acids is 2. The van der Waals surface area contributed by atoms with Gasteiger partial charge in [0, 0.05) is 14.1 Å². The molecule has 1 atom stereocenters. The second-order valence-corrected chi connectivity index (χ2v) is 5.73. The number of hydrazine groups is 1. The van der Waals surface area contributed by atoms with Gasteiger partial charge in [0.05, 0.1) is 6.61 Å². The van der Waals surface area contributed by atoms with Crippen molar-refractivity contribution in [2.45, 2.75) is 11.6 Å². The second kappa shape index (κ2) is 6.86. The fourth-order valence-corrected chi connectivity index (χ4v) is 2.58. The summed E-state index contributed by atoms with van der Waals surface area (Å²) in [5, 5.41) is 1.46. The lowest BCUT2D eigenvalue weighted by molar-refractivity contribution is 0.119. The average molecular weight is 292 g/mol. The number of urea groups is 1. The lowest BCUT2D eigenvalue weighted by Gasteiger charge is -2.15. The number of hydrogen-bond acceptors (Lipinski definition) is 6. The summed E-state index contributed by atoms with van der Waals surface area (Å²) in [5.41, 5.74) is 2.90. The molecule has 1 aliphatic rings. The highest BCUT2D eigenvalue weighted by atomic mass is 32.2. The number of ether oxygens (including phenoxy) is 1. The minimum atomic E-state index is -0.563. The van der Waals surface area contributed by atoms with Gasteiger partial charge >= 0.3 is 12.1 Å². The molecule has 18 heavy (non-hydrogen) atoms. The van der Waals surface area contributed by atoms with Gasteiger partial charge in [-0.15, -0.1) is 11.8 Å². The van der Waals surface area contributed by atoms with Crippen LogP contribution in [0.25, 0.3) is 0 Å². The average Bonchev–Trinajstić information content (AvgIpc) is 2.72. The van der Waals surface area contributed by atoms with Crippen LogP contribution in [0.4, 0.5) is 9.59 Å². The monoisotopic (exact) mass is 292 g/mol. The molecule has 1 unspecified atom stereocenters. The third-order valence-electron chi connectivity index (χ3n) is 1.88. The van der Waals surface area contributed by atoms with Crippen LogP contribution in [-0.4, -0.2) is 58.9 Å². The number of nitrogens with one attached hydrogen (secondary N) is 1. The third kappa shape index (κ3) is 3.79. The molecule has 0 bridgehead atoms. The minimum absolute atomic E-state index is 0.0666. The molecule has 1 saturated heterocycles. The van der Waals surface area contributed by atoms with Crippen LogP contribution in [-0.2, 0) is 4.74 Å². The van der Waals surface area contributed by atoms with Gasteiger partial charge in [-0.25, -0.2) is 9.59 Å². The maximum absolute atomic E-state index is 11.7. The van der Waals surface area contributed by atoms with Crippen LogP contribution in [0.2, 0.25) is 0 Å². The molecular weight excluding hydrogens is 276 g/mol. The Kier molecular flexibility index (Phi) is 5.76. The summed E-state index contributed by atoms with van der Waals surface area (Å²) in [5.74, 6) is 0. The maximum Gasteiger partial charge on any atom is 0.430 e. The number of nitrogens with zero attached hydrogens (tertiary/aromatic N) is 3. The van der Waals surface area contributed by atoms with Gasteiger partial charge in [0.2, 0.25) is 0 Å². The van der Waals surface area contributed by atoms with Gasteiger partial charge in [0.1, 0.15) is 4.71 Å². The zero-order chi connectivity index (χ0) is 13.7.